The third kappa shape index (κ3) is 4.21. The molecule has 2 rings (SSSR count). The number of hydrogen-bond donors (Lipinski definition) is 2. The van der Waals surface area contributed by atoms with E-state index in [2.05, 4.69) is 5.32 Å². The van der Waals surface area contributed by atoms with Gasteiger partial charge in [0.15, 0.2) is 0 Å². The van der Waals surface area contributed by atoms with Gasteiger partial charge in [0.1, 0.15) is 0 Å². The van der Waals surface area contributed by atoms with Crippen molar-refractivity contribution < 1.29 is 9.53 Å². The molecule has 1 aliphatic rings. The van der Waals surface area contributed by atoms with Crippen molar-refractivity contribution in [2.75, 3.05) is 31.7 Å². The minimum Gasteiger partial charge on any atom is -0.381 e. The summed E-state index contributed by atoms with van der Waals surface area (Å²) in [4.78, 5) is 14.0. The lowest BCUT2D eigenvalue weighted by Gasteiger charge is -2.25. The Balaban J connectivity index is 1.86. The summed E-state index contributed by atoms with van der Waals surface area (Å²) in [7, 11) is 1.92. The Hall–Kier alpha value is -1.59. The molecule has 1 aromatic carbocycles. The summed E-state index contributed by atoms with van der Waals surface area (Å²) < 4.78 is 5.28. The van der Waals surface area contributed by atoms with Crippen LogP contribution < -0.4 is 16.0 Å². The van der Waals surface area contributed by atoms with Crippen LogP contribution in [-0.4, -0.2) is 38.8 Å². The molecule has 0 spiro atoms. The van der Waals surface area contributed by atoms with E-state index in [0.717, 1.165) is 37.3 Å². The average molecular weight is 277 g/mol. The van der Waals surface area contributed by atoms with Gasteiger partial charge in [0.2, 0.25) is 5.91 Å². The molecule has 1 saturated heterocycles. The number of ether oxygens (including phenoxy) is 1. The average Bonchev–Trinajstić information content (AvgIpc) is 2.48. The first-order valence-electron chi connectivity index (χ1n) is 7.06. The zero-order valence-electron chi connectivity index (χ0n) is 12.0. The highest BCUT2D eigenvalue weighted by Crippen LogP contribution is 2.14. The Kier molecular flexibility index (Phi) is 5.38. The molecule has 3 N–H and O–H groups in total. The fourth-order valence-corrected chi connectivity index (χ4v) is 2.34. The summed E-state index contributed by atoms with van der Waals surface area (Å²) in [5, 5.41) is 3.06. The SMILES string of the molecule is CN(CC(=O)NC1CCOCC1)c1cccc(CN)c1. The summed E-state index contributed by atoms with van der Waals surface area (Å²) in [6.45, 7) is 2.33. The highest BCUT2D eigenvalue weighted by Gasteiger charge is 2.17. The Morgan fingerprint density at radius 3 is 2.90 bits per heavy atom. The summed E-state index contributed by atoms with van der Waals surface area (Å²) in [5.41, 5.74) is 7.71. The maximum atomic E-state index is 12.0. The first-order valence-corrected chi connectivity index (χ1v) is 7.06. The molecule has 110 valence electrons. The van der Waals surface area contributed by atoms with E-state index >= 15 is 0 Å². The Bertz CT molecular complexity index is 444. The molecule has 0 radical (unpaired) electrons. The summed E-state index contributed by atoms with van der Waals surface area (Å²) >= 11 is 0. The topological polar surface area (TPSA) is 67.6 Å². The van der Waals surface area contributed by atoms with Gasteiger partial charge < -0.3 is 20.7 Å². The second kappa shape index (κ2) is 7.26. The van der Waals surface area contributed by atoms with Crippen molar-refractivity contribution in [3.8, 4) is 0 Å². The first-order chi connectivity index (χ1) is 9.69. The van der Waals surface area contributed by atoms with Crippen molar-refractivity contribution in [1.29, 1.82) is 0 Å². The molecule has 5 heteroatoms. The summed E-state index contributed by atoms with van der Waals surface area (Å²) in [6, 6.07) is 8.20. The number of likely N-dealkylation sites (N-methyl/N-ethyl adjacent to an activating group) is 1. The van der Waals surface area contributed by atoms with E-state index in [9.17, 15) is 4.79 Å². The van der Waals surface area contributed by atoms with Crippen molar-refractivity contribution in [1.82, 2.24) is 5.32 Å². The smallest absolute Gasteiger partial charge is 0.239 e. The number of hydrogen-bond acceptors (Lipinski definition) is 4. The van der Waals surface area contributed by atoms with E-state index in [1.807, 2.05) is 36.2 Å². The molecule has 1 aromatic rings. The minimum atomic E-state index is 0.0533. The number of amides is 1. The van der Waals surface area contributed by atoms with E-state index < -0.39 is 0 Å². The largest absolute Gasteiger partial charge is 0.381 e. The zero-order valence-corrected chi connectivity index (χ0v) is 12.0. The number of nitrogens with two attached hydrogens (primary N) is 1. The Labute approximate surface area is 120 Å². The number of carbonyl (C=O) groups is 1. The predicted molar refractivity (Wildman–Crippen MR) is 79.6 cm³/mol. The van der Waals surface area contributed by atoms with E-state index in [-0.39, 0.29) is 11.9 Å². The fourth-order valence-electron chi connectivity index (χ4n) is 2.34. The number of carbonyl (C=O) groups excluding carboxylic acids is 1. The molecule has 1 aliphatic heterocycles. The normalized spacial score (nSPS) is 15.9. The Morgan fingerprint density at radius 1 is 1.45 bits per heavy atom. The molecule has 0 aliphatic carbocycles. The zero-order chi connectivity index (χ0) is 14.4. The third-order valence-corrected chi connectivity index (χ3v) is 3.55. The van der Waals surface area contributed by atoms with Gasteiger partial charge in [-0.25, -0.2) is 0 Å². The van der Waals surface area contributed by atoms with E-state index in [4.69, 9.17) is 10.5 Å². The number of nitrogens with zero attached hydrogens (tertiary/aromatic N) is 1. The molecule has 1 fully saturated rings. The van der Waals surface area contributed by atoms with Crippen molar-refractivity contribution in [2.45, 2.75) is 25.4 Å². The molecular weight excluding hydrogens is 254 g/mol. The van der Waals surface area contributed by atoms with E-state index in [1.54, 1.807) is 0 Å². The molecule has 1 heterocycles. The van der Waals surface area contributed by atoms with Crippen LogP contribution in [0.1, 0.15) is 18.4 Å². The predicted octanol–water partition coefficient (Wildman–Crippen LogP) is 0.877. The van der Waals surface area contributed by atoms with Crippen molar-refractivity contribution in [3.63, 3.8) is 0 Å². The van der Waals surface area contributed by atoms with Gasteiger partial charge in [-0.15, -0.1) is 0 Å². The molecule has 0 aromatic heterocycles. The van der Waals surface area contributed by atoms with Crippen LogP contribution in [0.25, 0.3) is 0 Å². The highest BCUT2D eigenvalue weighted by molar-refractivity contribution is 5.81. The van der Waals surface area contributed by atoms with Crippen LogP contribution in [0.2, 0.25) is 0 Å². The van der Waals surface area contributed by atoms with Crippen molar-refractivity contribution in [3.05, 3.63) is 29.8 Å². The molecule has 20 heavy (non-hydrogen) atoms. The molecule has 0 atom stereocenters. The molecule has 1 amide bonds. The number of rotatable bonds is 5. The Morgan fingerprint density at radius 2 is 2.20 bits per heavy atom. The molecule has 0 bridgehead atoms. The van der Waals surface area contributed by atoms with Crippen LogP contribution in [0.15, 0.2) is 24.3 Å². The van der Waals surface area contributed by atoms with Gasteiger partial charge in [-0.1, -0.05) is 12.1 Å². The second-order valence-corrected chi connectivity index (χ2v) is 5.18. The maximum absolute atomic E-state index is 12.0. The lowest BCUT2D eigenvalue weighted by atomic mass is 10.1. The van der Waals surface area contributed by atoms with Crippen LogP contribution in [0, 0.1) is 0 Å². The first kappa shape index (κ1) is 14.8. The summed E-state index contributed by atoms with van der Waals surface area (Å²) in [5.74, 6) is 0.0533. The lowest BCUT2D eigenvalue weighted by molar-refractivity contribution is -0.121. The standard InChI is InChI=1S/C15H23N3O2/c1-18(14-4-2-3-12(9-14)10-16)11-15(19)17-13-5-7-20-8-6-13/h2-4,9,13H,5-8,10-11,16H2,1H3,(H,17,19). The van der Waals surface area contributed by atoms with E-state index in [1.165, 1.54) is 0 Å². The van der Waals surface area contributed by atoms with Gasteiger partial charge in [0.05, 0.1) is 6.54 Å². The fraction of sp³-hybridized carbons (Fsp3) is 0.533. The van der Waals surface area contributed by atoms with Crippen LogP contribution in [-0.2, 0) is 16.1 Å². The lowest BCUT2D eigenvalue weighted by Crippen LogP contribution is -2.43. The highest BCUT2D eigenvalue weighted by atomic mass is 16.5. The van der Waals surface area contributed by atoms with Gasteiger partial charge in [0, 0.05) is 38.5 Å². The number of nitrogens with one attached hydrogen (secondary N) is 1. The van der Waals surface area contributed by atoms with Gasteiger partial charge in [-0.3, -0.25) is 4.79 Å². The van der Waals surface area contributed by atoms with Gasteiger partial charge in [-0.2, -0.15) is 0 Å². The molecular formula is C15H23N3O2. The number of anilines is 1. The van der Waals surface area contributed by atoms with Crippen LogP contribution in [0.3, 0.4) is 0 Å². The quantitative estimate of drug-likeness (QED) is 0.838. The van der Waals surface area contributed by atoms with Gasteiger partial charge >= 0.3 is 0 Å². The van der Waals surface area contributed by atoms with Crippen LogP contribution >= 0.6 is 0 Å². The van der Waals surface area contributed by atoms with Crippen LogP contribution in [0.5, 0.6) is 0 Å². The van der Waals surface area contributed by atoms with Crippen molar-refractivity contribution in [2.24, 2.45) is 5.73 Å². The van der Waals surface area contributed by atoms with Crippen LogP contribution in [0.4, 0.5) is 5.69 Å². The maximum Gasteiger partial charge on any atom is 0.239 e. The summed E-state index contributed by atoms with van der Waals surface area (Å²) in [6.07, 6.45) is 1.80. The molecule has 5 nitrogen and oxygen atoms in total. The van der Waals surface area contributed by atoms with Gasteiger partial charge in [0.25, 0.3) is 0 Å². The molecule has 0 unspecified atom stereocenters. The second-order valence-electron chi connectivity index (χ2n) is 5.18. The van der Waals surface area contributed by atoms with E-state index in [0.29, 0.717) is 13.1 Å². The third-order valence-electron chi connectivity index (χ3n) is 3.55. The molecule has 0 saturated carbocycles. The van der Waals surface area contributed by atoms with Crippen molar-refractivity contribution >= 4 is 11.6 Å². The van der Waals surface area contributed by atoms with Gasteiger partial charge in [-0.05, 0) is 30.5 Å². The monoisotopic (exact) mass is 277 g/mol. The minimum absolute atomic E-state index is 0.0533. The number of benzene rings is 1.